The van der Waals surface area contributed by atoms with Gasteiger partial charge in [0.2, 0.25) is 11.8 Å². The second kappa shape index (κ2) is 4.88. The number of amides is 2. The lowest BCUT2D eigenvalue weighted by molar-refractivity contribution is -0.157. The molecule has 5 heteroatoms. The van der Waals surface area contributed by atoms with Gasteiger partial charge in [-0.3, -0.25) is 9.59 Å². The number of carbonyl (C=O) groups excluding carboxylic acids is 2. The molecule has 1 atom stereocenters. The largest absolute Gasteiger partial charge is 0.342 e. The predicted octanol–water partition coefficient (Wildman–Crippen LogP) is 0.208. The number of rotatable bonds is 2. The number of nitrogens with one attached hydrogen (secondary N) is 1. The Bertz CT molecular complexity index is 348. The molecule has 0 saturated carbocycles. The van der Waals surface area contributed by atoms with Gasteiger partial charge in [-0.25, -0.2) is 0 Å². The van der Waals surface area contributed by atoms with Crippen LogP contribution >= 0.6 is 0 Å². The molecule has 1 unspecified atom stereocenters. The van der Waals surface area contributed by atoms with E-state index in [2.05, 4.69) is 5.32 Å². The third kappa shape index (κ3) is 2.36. The predicted molar refractivity (Wildman–Crippen MR) is 69.1 cm³/mol. The second-order valence-corrected chi connectivity index (χ2v) is 5.83. The summed E-state index contributed by atoms with van der Waals surface area (Å²) in [7, 11) is 1.80. The summed E-state index contributed by atoms with van der Waals surface area (Å²) in [6, 6.07) is 0.294. The highest BCUT2D eigenvalue weighted by Gasteiger charge is 2.43. The molecule has 102 valence electrons. The molecule has 0 spiro atoms. The zero-order valence-electron chi connectivity index (χ0n) is 11.5. The Morgan fingerprint density at radius 1 is 1.44 bits per heavy atom. The first kappa shape index (κ1) is 13.3. The van der Waals surface area contributed by atoms with Gasteiger partial charge in [0, 0.05) is 32.6 Å². The van der Waals surface area contributed by atoms with E-state index in [1.165, 1.54) is 0 Å². The first-order valence-corrected chi connectivity index (χ1v) is 6.72. The lowest BCUT2D eigenvalue weighted by Crippen LogP contribution is -2.64. The van der Waals surface area contributed by atoms with Gasteiger partial charge >= 0.3 is 0 Å². The maximum Gasteiger partial charge on any atom is 0.247 e. The molecule has 2 fully saturated rings. The van der Waals surface area contributed by atoms with Crippen molar-refractivity contribution in [1.82, 2.24) is 15.1 Å². The van der Waals surface area contributed by atoms with Gasteiger partial charge in [0.05, 0.1) is 0 Å². The summed E-state index contributed by atoms with van der Waals surface area (Å²) in [4.78, 5) is 27.9. The van der Waals surface area contributed by atoms with Crippen LogP contribution in [0, 0.1) is 0 Å². The van der Waals surface area contributed by atoms with Crippen LogP contribution in [0.2, 0.25) is 0 Å². The molecule has 2 amide bonds. The highest BCUT2D eigenvalue weighted by Crippen LogP contribution is 2.23. The van der Waals surface area contributed by atoms with E-state index < -0.39 is 5.54 Å². The van der Waals surface area contributed by atoms with E-state index >= 15 is 0 Å². The van der Waals surface area contributed by atoms with Crippen LogP contribution in [0.3, 0.4) is 0 Å². The first-order valence-electron chi connectivity index (χ1n) is 6.72. The Morgan fingerprint density at radius 3 is 2.78 bits per heavy atom. The molecule has 18 heavy (non-hydrogen) atoms. The molecular weight excluding hydrogens is 230 g/mol. The van der Waals surface area contributed by atoms with Crippen molar-refractivity contribution < 1.29 is 9.59 Å². The minimum atomic E-state index is -0.706. The Morgan fingerprint density at radius 2 is 2.17 bits per heavy atom. The minimum Gasteiger partial charge on any atom is -0.342 e. The van der Waals surface area contributed by atoms with E-state index in [9.17, 15) is 9.59 Å². The van der Waals surface area contributed by atoms with E-state index in [4.69, 9.17) is 0 Å². The van der Waals surface area contributed by atoms with Crippen molar-refractivity contribution in [2.45, 2.75) is 44.7 Å². The molecule has 2 saturated heterocycles. The van der Waals surface area contributed by atoms with Crippen molar-refractivity contribution in [2.24, 2.45) is 0 Å². The number of likely N-dealkylation sites (N-methyl/N-ethyl adjacent to an activating group) is 1. The number of carbonyl (C=O) groups is 2. The van der Waals surface area contributed by atoms with Crippen LogP contribution in [0.25, 0.3) is 0 Å². The SMILES string of the molecule is CN1CCN(C(=O)CC2CCCN2)C(C)(C)C1=O. The van der Waals surface area contributed by atoms with Crippen LogP contribution in [-0.2, 0) is 9.59 Å². The highest BCUT2D eigenvalue weighted by atomic mass is 16.2. The summed E-state index contributed by atoms with van der Waals surface area (Å²) in [6.45, 7) is 5.95. The van der Waals surface area contributed by atoms with Gasteiger partial charge in [0.15, 0.2) is 0 Å². The molecule has 2 aliphatic rings. The average molecular weight is 253 g/mol. The molecule has 0 aliphatic carbocycles. The van der Waals surface area contributed by atoms with Gasteiger partial charge in [0.25, 0.3) is 0 Å². The number of piperazine rings is 1. The van der Waals surface area contributed by atoms with Crippen LogP contribution < -0.4 is 5.32 Å². The van der Waals surface area contributed by atoms with Crippen LogP contribution in [0.15, 0.2) is 0 Å². The quantitative estimate of drug-likeness (QED) is 0.765. The average Bonchev–Trinajstić information content (AvgIpc) is 2.78. The Hall–Kier alpha value is -1.10. The third-order valence-corrected chi connectivity index (χ3v) is 4.09. The van der Waals surface area contributed by atoms with Crippen LogP contribution in [0.1, 0.15) is 33.1 Å². The summed E-state index contributed by atoms with van der Waals surface area (Å²) < 4.78 is 0. The summed E-state index contributed by atoms with van der Waals surface area (Å²) in [5.74, 6) is 0.127. The third-order valence-electron chi connectivity index (χ3n) is 4.09. The number of hydrogen-bond donors (Lipinski definition) is 1. The van der Waals surface area contributed by atoms with Gasteiger partial charge in [0.1, 0.15) is 5.54 Å². The fourth-order valence-electron chi connectivity index (χ4n) is 2.90. The highest BCUT2D eigenvalue weighted by molar-refractivity contribution is 5.91. The summed E-state index contributed by atoms with van der Waals surface area (Å²) >= 11 is 0. The van der Waals surface area contributed by atoms with Gasteiger partial charge < -0.3 is 15.1 Å². The zero-order valence-corrected chi connectivity index (χ0v) is 11.5. The van der Waals surface area contributed by atoms with Gasteiger partial charge in [-0.15, -0.1) is 0 Å². The van der Waals surface area contributed by atoms with Crippen molar-refractivity contribution >= 4 is 11.8 Å². The minimum absolute atomic E-state index is 0.0291. The molecule has 2 aliphatic heterocycles. The van der Waals surface area contributed by atoms with Crippen molar-refractivity contribution in [3.8, 4) is 0 Å². The Labute approximate surface area is 108 Å². The van der Waals surface area contributed by atoms with Crippen LogP contribution in [-0.4, -0.2) is 59.9 Å². The van der Waals surface area contributed by atoms with E-state index in [-0.39, 0.29) is 11.8 Å². The lowest BCUT2D eigenvalue weighted by atomic mass is 9.96. The summed E-state index contributed by atoms with van der Waals surface area (Å²) in [6.07, 6.45) is 2.72. The maximum absolute atomic E-state index is 12.3. The standard InChI is InChI=1S/C13H23N3O2/c1-13(2)12(18)15(3)7-8-16(13)11(17)9-10-5-4-6-14-10/h10,14H,4-9H2,1-3H3. The zero-order chi connectivity index (χ0) is 13.3. The number of hydrogen-bond acceptors (Lipinski definition) is 3. The summed E-state index contributed by atoms with van der Waals surface area (Å²) in [5.41, 5.74) is -0.706. The van der Waals surface area contributed by atoms with E-state index in [0.717, 1.165) is 19.4 Å². The van der Waals surface area contributed by atoms with Crippen LogP contribution in [0.4, 0.5) is 0 Å². The van der Waals surface area contributed by atoms with Gasteiger partial charge in [-0.2, -0.15) is 0 Å². The fraction of sp³-hybridized carbons (Fsp3) is 0.846. The van der Waals surface area contributed by atoms with Crippen molar-refractivity contribution in [3.63, 3.8) is 0 Å². The molecule has 1 N–H and O–H groups in total. The molecular formula is C13H23N3O2. The molecule has 2 heterocycles. The number of nitrogens with zero attached hydrogens (tertiary/aromatic N) is 2. The molecule has 0 radical (unpaired) electrons. The smallest absolute Gasteiger partial charge is 0.247 e. The fourth-order valence-corrected chi connectivity index (χ4v) is 2.90. The summed E-state index contributed by atoms with van der Waals surface area (Å²) in [5, 5.41) is 3.33. The van der Waals surface area contributed by atoms with Crippen molar-refractivity contribution in [2.75, 3.05) is 26.7 Å². The topological polar surface area (TPSA) is 52.6 Å². The first-order chi connectivity index (χ1) is 8.43. The molecule has 2 rings (SSSR count). The normalized spacial score (nSPS) is 27.7. The maximum atomic E-state index is 12.3. The monoisotopic (exact) mass is 253 g/mol. The van der Waals surface area contributed by atoms with E-state index in [1.807, 2.05) is 13.8 Å². The van der Waals surface area contributed by atoms with Crippen LogP contribution in [0.5, 0.6) is 0 Å². The van der Waals surface area contributed by atoms with Crippen molar-refractivity contribution in [1.29, 1.82) is 0 Å². The van der Waals surface area contributed by atoms with E-state index in [1.54, 1.807) is 16.8 Å². The molecule has 5 nitrogen and oxygen atoms in total. The second-order valence-electron chi connectivity index (χ2n) is 5.83. The Balaban J connectivity index is 2.02. The lowest BCUT2D eigenvalue weighted by Gasteiger charge is -2.45. The molecule has 0 aromatic rings. The van der Waals surface area contributed by atoms with Gasteiger partial charge in [-0.05, 0) is 33.2 Å². The Kier molecular flexibility index (Phi) is 3.61. The molecule has 0 bridgehead atoms. The molecule has 0 aromatic carbocycles. The van der Waals surface area contributed by atoms with E-state index in [0.29, 0.717) is 25.6 Å². The van der Waals surface area contributed by atoms with Crippen molar-refractivity contribution in [3.05, 3.63) is 0 Å². The molecule has 0 aromatic heterocycles. The van der Waals surface area contributed by atoms with Gasteiger partial charge in [-0.1, -0.05) is 0 Å².